The second-order valence-electron chi connectivity index (χ2n) is 3.06. The molecule has 0 atom stereocenters. The summed E-state index contributed by atoms with van der Waals surface area (Å²) in [7, 11) is 0. The number of rotatable bonds is 4. The molecule has 0 saturated heterocycles. The fourth-order valence-corrected chi connectivity index (χ4v) is 1.20. The number of allylic oxidation sites excluding steroid dienone is 1. The second kappa shape index (κ2) is 5.53. The first kappa shape index (κ1) is 13.3. The summed E-state index contributed by atoms with van der Waals surface area (Å²) < 4.78 is 4.67. The van der Waals surface area contributed by atoms with Gasteiger partial charge in [0.15, 0.2) is 0 Å². The van der Waals surface area contributed by atoms with Gasteiger partial charge >= 0.3 is 17.3 Å². The summed E-state index contributed by atoms with van der Waals surface area (Å²) in [6.45, 7) is 1.56. The smallest absolute Gasteiger partial charge is 0.388 e. The topological polar surface area (TPSA) is 113 Å². The SMILES string of the molecule is C/C=C/C(=O)Oc1cccc([N+](=O)[O-])c1[N+](=O)[O-]. The van der Waals surface area contributed by atoms with Crippen LogP contribution >= 0.6 is 0 Å². The van der Waals surface area contributed by atoms with Crippen LogP contribution in [-0.2, 0) is 4.79 Å². The van der Waals surface area contributed by atoms with E-state index in [4.69, 9.17) is 0 Å². The monoisotopic (exact) mass is 252 g/mol. The largest absolute Gasteiger partial charge is 0.416 e. The first-order chi connectivity index (χ1) is 8.47. The van der Waals surface area contributed by atoms with E-state index < -0.39 is 32.9 Å². The number of hydrogen-bond acceptors (Lipinski definition) is 6. The highest BCUT2D eigenvalue weighted by atomic mass is 16.6. The van der Waals surface area contributed by atoms with Gasteiger partial charge in [0.05, 0.1) is 9.85 Å². The molecule has 0 unspecified atom stereocenters. The Kier molecular flexibility index (Phi) is 4.08. The van der Waals surface area contributed by atoms with E-state index >= 15 is 0 Å². The third-order valence-electron chi connectivity index (χ3n) is 1.87. The predicted octanol–water partition coefficient (Wildman–Crippen LogP) is 1.98. The zero-order valence-electron chi connectivity index (χ0n) is 9.23. The van der Waals surface area contributed by atoms with Crippen molar-refractivity contribution in [3.05, 3.63) is 50.6 Å². The Morgan fingerprint density at radius 3 is 2.44 bits per heavy atom. The van der Waals surface area contributed by atoms with E-state index in [-0.39, 0.29) is 0 Å². The summed E-state index contributed by atoms with van der Waals surface area (Å²) in [5.41, 5.74) is -1.58. The van der Waals surface area contributed by atoms with Crippen LogP contribution < -0.4 is 4.74 Å². The van der Waals surface area contributed by atoms with Crippen molar-refractivity contribution >= 4 is 17.3 Å². The molecular weight excluding hydrogens is 244 g/mol. The van der Waals surface area contributed by atoms with E-state index in [0.29, 0.717) is 0 Å². The van der Waals surface area contributed by atoms with Gasteiger partial charge in [-0.15, -0.1) is 0 Å². The van der Waals surface area contributed by atoms with Gasteiger partial charge in [-0.3, -0.25) is 20.2 Å². The van der Waals surface area contributed by atoms with Gasteiger partial charge in [-0.1, -0.05) is 12.1 Å². The molecule has 8 nitrogen and oxygen atoms in total. The van der Waals surface area contributed by atoms with E-state index in [0.717, 1.165) is 18.2 Å². The van der Waals surface area contributed by atoms with Crippen molar-refractivity contribution in [1.82, 2.24) is 0 Å². The molecule has 1 aromatic carbocycles. The number of para-hydroxylation sites is 1. The number of nitro benzene ring substituents is 2. The van der Waals surface area contributed by atoms with Gasteiger partial charge in [-0.2, -0.15) is 0 Å². The van der Waals surface area contributed by atoms with E-state index in [1.807, 2.05) is 0 Å². The lowest BCUT2D eigenvalue weighted by Crippen LogP contribution is -2.07. The van der Waals surface area contributed by atoms with Gasteiger partial charge in [0, 0.05) is 12.1 Å². The van der Waals surface area contributed by atoms with Gasteiger partial charge in [0.1, 0.15) is 0 Å². The van der Waals surface area contributed by atoms with E-state index in [1.165, 1.54) is 12.1 Å². The van der Waals surface area contributed by atoms with E-state index in [2.05, 4.69) is 4.74 Å². The van der Waals surface area contributed by atoms with Gasteiger partial charge in [0.25, 0.3) is 0 Å². The molecule has 1 rings (SSSR count). The third kappa shape index (κ3) is 2.88. The van der Waals surface area contributed by atoms with Crippen LogP contribution in [0, 0.1) is 20.2 Å². The number of carbonyl (C=O) groups is 1. The molecule has 0 heterocycles. The van der Waals surface area contributed by atoms with Crippen LogP contribution in [0.1, 0.15) is 6.92 Å². The minimum absolute atomic E-state index is 0.461. The molecular formula is C10H8N2O6. The van der Waals surface area contributed by atoms with Crippen molar-refractivity contribution in [2.45, 2.75) is 6.92 Å². The highest BCUT2D eigenvalue weighted by Crippen LogP contribution is 2.36. The number of hydrogen-bond donors (Lipinski definition) is 0. The summed E-state index contributed by atoms with van der Waals surface area (Å²) in [4.78, 5) is 30.7. The first-order valence-electron chi connectivity index (χ1n) is 4.73. The molecule has 0 aliphatic heterocycles. The van der Waals surface area contributed by atoms with E-state index in [1.54, 1.807) is 6.92 Å². The number of nitrogens with zero attached hydrogens (tertiary/aromatic N) is 2. The Hall–Kier alpha value is -2.77. The molecule has 0 saturated carbocycles. The molecule has 0 fully saturated rings. The third-order valence-corrected chi connectivity index (χ3v) is 1.87. The number of carbonyl (C=O) groups excluding carboxylic acids is 1. The lowest BCUT2D eigenvalue weighted by atomic mass is 10.2. The molecule has 1 aromatic rings. The van der Waals surface area contributed by atoms with Gasteiger partial charge in [0.2, 0.25) is 5.75 Å². The number of ether oxygens (including phenoxy) is 1. The quantitative estimate of drug-likeness (QED) is 0.266. The molecule has 8 heteroatoms. The first-order valence-corrected chi connectivity index (χ1v) is 4.73. The zero-order valence-corrected chi connectivity index (χ0v) is 9.23. The molecule has 0 aliphatic carbocycles. The molecule has 0 N–H and O–H groups in total. The highest BCUT2D eigenvalue weighted by molar-refractivity contribution is 5.85. The molecule has 0 bridgehead atoms. The molecule has 0 aromatic heterocycles. The van der Waals surface area contributed by atoms with Crippen LogP contribution in [0.5, 0.6) is 5.75 Å². The Morgan fingerprint density at radius 2 is 1.94 bits per heavy atom. The normalized spacial score (nSPS) is 10.3. The minimum atomic E-state index is -0.962. The maximum Gasteiger partial charge on any atom is 0.388 e. The lowest BCUT2D eigenvalue weighted by molar-refractivity contribution is -0.423. The Morgan fingerprint density at radius 1 is 1.28 bits per heavy atom. The van der Waals surface area contributed by atoms with Crippen LogP contribution in [0.25, 0.3) is 0 Å². The maximum absolute atomic E-state index is 11.2. The van der Waals surface area contributed by atoms with Crippen molar-refractivity contribution in [3.63, 3.8) is 0 Å². The number of benzene rings is 1. The molecule has 0 radical (unpaired) electrons. The fraction of sp³-hybridized carbons (Fsp3) is 0.100. The van der Waals surface area contributed by atoms with Crippen molar-refractivity contribution in [1.29, 1.82) is 0 Å². The van der Waals surface area contributed by atoms with Crippen molar-refractivity contribution in [2.24, 2.45) is 0 Å². The lowest BCUT2D eigenvalue weighted by Gasteiger charge is -2.02. The highest BCUT2D eigenvalue weighted by Gasteiger charge is 2.30. The standard InChI is InChI=1S/C10H8N2O6/c1-2-4-9(13)18-8-6-3-5-7(11(14)15)10(8)12(16)17/h2-6H,1H3/b4-2+. The number of esters is 1. The molecule has 0 spiro atoms. The van der Waals surface area contributed by atoms with Crippen LogP contribution in [0.3, 0.4) is 0 Å². The van der Waals surface area contributed by atoms with Crippen molar-refractivity contribution in [2.75, 3.05) is 0 Å². The summed E-state index contributed by atoms with van der Waals surface area (Å²) in [5.74, 6) is -1.31. The summed E-state index contributed by atoms with van der Waals surface area (Å²) in [6, 6.07) is 3.28. The molecule has 0 amide bonds. The molecule has 18 heavy (non-hydrogen) atoms. The van der Waals surface area contributed by atoms with Crippen LogP contribution in [0.2, 0.25) is 0 Å². The Bertz CT molecular complexity index is 537. The predicted molar refractivity (Wildman–Crippen MR) is 60.2 cm³/mol. The fourth-order valence-electron chi connectivity index (χ4n) is 1.20. The maximum atomic E-state index is 11.2. The summed E-state index contributed by atoms with van der Waals surface area (Å²) in [5, 5.41) is 21.4. The molecule has 94 valence electrons. The molecule has 0 aliphatic rings. The summed E-state index contributed by atoms with van der Waals surface area (Å²) >= 11 is 0. The zero-order chi connectivity index (χ0) is 13.7. The van der Waals surface area contributed by atoms with E-state index in [9.17, 15) is 25.0 Å². The van der Waals surface area contributed by atoms with Crippen LogP contribution in [0.15, 0.2) is 30.4 Å². The van der Waals surface area contributed by atoms with Crippen molar-refractivity contribution in [3.8, 4) is 5.75 Å². The second-order valence-corrected chi connectivity index (χ2v) is 3.06. The number of nitro groups is 2. The van der Waals surface area contributed by atoms with Gasteiger partial charge < -0.3 is 4.74 Å². The Labute approximate surface area is 101 Å². The Balaban J connectivity index is 3.27. The van der Waals surface area contributed by atoms with Gasteiger partial charge in [-0.05, 0) is 13.0 Å². The average Bonchev–Trinajstić information content (AvgIpc) is 2.28. The van der Waals surface area contributed by atoms with Crippen molar-refractivity contribution < 1.29 is 19.4 Å². The van der Waals surface area contributed by atoms with Crippen LogP contribution in [0.4, 0.5) is 11.4 Å². The summed E-state index contributed by atoms with van der Waals surface area (Å²) in [6.07, 6.45) is 2.42. The van der Waals surface area contributed by atoms with Crippen LogP contribution in [-0.4, -0.2) is 15.8 Å². The average molecular weight is 252 g/mol. The van der Waals surface area contributed by atoms with Gasteiger partial charge in [-0.25, -0.2) is 4.79 Å². The minimum Gasteiger partial charge on any atom is -0.416 e.